The maximum absolute atomic E-state index is 4.51. The summed E-state index contributed by atoms with van der Waals surface area (Å²) in [6, 6.07) is 4.21. The Kier molecular flexibility index (Phi) is 3.22. The summed E-state index contributed by atoms with van der Waals surface area (Å²) >= 11 is 5.32. The molecule has 0 aliphatic heterocycles. The normalized spacial score (nSPS) is 12.0. The van der Waals surface area contributed by atoms with Gasteiger partial charge in [-0.2, -0.15) is 0 Å². The molecule has 86 valence electrons. The van der Waals surface area contributed by atoms with Crippen LogP contribution in [-0.2, 0) is 0 Å². The zero-order valence-corrected chi connectivity index (χ0v) is 12.1. The molecule has 0 aliphatic rings. The number of halogens is 1. The topological polar surface area (TPSA) is 16.1 Å². The minimum absolute atomic E-state index is 0.0587. The number of hydrogen-bond donors (Lipinski definition) is 0. The molecule has 0 fully saturated rings. The Morgan fingerprint density at radius 1 is 1.44 bits per heavy atom. The number of fused-ring (bicyclic) bond motifs is 1. The second-order valence-corrected chi connectivity index (χ2v) is 5.98. The smallest absolute Gasteiger partial charge is 0.137 e. The molecule has 16 heavy (non-hydrogen) atoms. The van der Waals surface area contributed by atoms with Crippen molar-refractivity contribution in [3.8, 4) is 0 Å². The molecule has 0 atom stereocenters. The summed E-state index contributed by atoms with van der Waals surface area (Å²) in [6.07, 6.45) is 1.88. The van der Waals surface area contributed by atoms with Crippen molar-refractivity contribution in [1.82, 2.24) is 4.98 Å². The van der Waals surface area contributed by atoms with E-state index < -0.39 is 0 Å². The number of nitrogens with zero attached hydrogens (tertiary/aromatic N) is 2. The van der Waals surface area contributed by atoms with Crippen molar-refractivity contribution in [3.05, 3.63) is 23.7 Å². The Morgan fingerprint density at radius 2 is 2.19 bits per heavy atom. The van der Waals surface area contributed by atoms with Crippen molar-refractivity contribution in [2.45, 2.75) is 19.4 Å². The fourth-order valence-corrected chi connectivity index (χ4v) is 2.68. The summed E-state index contributed by atoms with van der Waals surface area (Å²) in [4.78, 5) is 6.74. The van der Waals surface area contributed by atoms with Gasteiger partial charge in [-0.05, 0) is 31.4 Å². The number of thiophene rings is 1. The number of anilines is 1. The van der Waals surface area contributed by atoms with Gasteiger partial charge in [0.05, 0.1) is 0 Å². The Balaban J connectivity index is 2.51. The molecule has 4 heteroatoms. The van der Waals surface area contributed by atoms with E-state index in [9.17, 15) is 0 Å². The van der Waals surface area contributed by atoms with Crippen LogP contribution in [-0.4, -0.2) is 22.9 Å². The fraction of sp³-hybridized carbons (Fsp3) is 0.417. The highest BCUT2D eigenvalue weighted by Crippen LogP contribution is 2.31. The van der Waals surface area contributed by atoms with Crippen LogP contribution in [0, 0.1) is 0 Å². The van der Waals surface area contributed by atoms with E-state index in [1.165, 1.54) is 10.1 Å². The molecular weight excluding hydrogens is 284 g/mol. The molecule has 2 aromatic rings. The lowest BCUT2D eigenvalue weighted by atomic mass is 10.1. The van der Waals surface area contributed by atoms with Gasteiger partial charge >= 0.3 is 0 Å². The molecule has 0 spiro atoms. The SMILES string of the molecule is CN(c1nccc2sccc12)C(C)(C)CBr. The fourth-order valence-electron chi connectivity index (χ4n) is 1.52. The van der Waals surface area contributed by atoms with Crippen LogP contribution < -0.4 is 4.90 Å². The van der Waals surface area contributed by atoms with Gasteiger partial charge in [-0.25, -0.2) is 4.98 Å². The van der Waals surface area contributed by atoms with Gasteiger partial charge in [0, 0.05) is 34.2 Å². The van der Waals surface area contributed by atoms with Crippen molar-refractivity contribution in [1.29, 1.82) is 0 Å². The predicted octanol–water partition coefficient (Wildman–Crippen LogP) is 3.91. The summed E-state index contributed by atoms with van der Waals surface area (Å²) < 4.78 is 1.29. The zero-order chi connectivity index (χ0) is 11.8. The first-order valence-corrected chi connectivity index (χ1v) is 7.18. The van der Waals surface area contributed by atoms with Crippen LogP contribution in [0.25, 0.3) is 10.1 Å². The van der Waals surface area contributed by atoms with E-state index in [4.69, 9.17) is 0 Å². The van der Waals surface area contributed by atoms with Gasteiger partial charge < -0.3 is 4.90 Å². The van der Waals surface area contributed by atoms with E-state index >= 15 is 0 Å². The molecule has 0 amide bonds. The van der Waals surface area contributed by atoms with E-state index in [0.717, 1.165) is 11.1 Å². The minimum Gasteiger partial charge on any atom is -0.353 e. The van der Waals surface area contributed by atoms with Gasteiger partial charge in [0.2, 0.25) is 0 Å². The van der Waals surface area contributed by atoms with Crippen LogP contribution in [0.15, 0.2) is 23.7 Å². The number of alkyl halides is 1. The van der Waals surface area contributed by atoms with Gasteiger partial charge in [0.25, 0.3) is 0 Å². The average Bonchev–Trinajstić information content (AvgIpc) is 2.75. The second kappa shape index (κ2) is 4.34. The molecule has 0 saturated heterocycles. The summed E-state index contributed by atoms with van der Waals surface area (Å²) in [5.74, 6) is 1.06. The molecule has 2 rings (SSSR count). The third-order valence-electron chi connectivity index (χ3n) is 2.91. The third-order valence-corrected chi connectivity index (χ3v) is 5.17. The van der Waals surface area contributed by atoms with Gasteiger partial charge in [-0.3, -0.25) is 0 Å². The first-order valence-electron chi connectivity index (χ1n) is 5.18. The third kappa shape index (κ3) is 1.96. The van der Waals surface area contributed by atoms with Crippen LogP contribution in [0.4, 0.5) is 5.82 Å². The van der Waals surface area contributed by atoms with Crippen molar-refractivity contribution >= 4 is 43.2 Å². The Bertz CT molecular complexity index is 492. The maximum atomic E-state index is 4.51. The number of aromatic nitrogens is 1. The lowest BCUT2D eigenvalue weighted by Gasteiger charge is -2.35. The van der Waals surface area contributed by atoms with Gasteiger partial charge in [-0.1, -0.05) is 15.9 Å². The summed E-state index contributed by atoms with van der Waals surface area (Å²) in [7, 11) is 2.10. The van der Waals surface area contributed by atoms with E-state index in [0.29, 0.717) is 0 Å². The second-order valence-electron chi connectivity index (χ2n) is 4.47. The molecule has 2 heterocycles. The first kappa shape index (κ1) is 11.9. The molecule has 2 nitrogen and oxygen atoms in total. The van der Waals surface area contributed by atoms with Gasteiger partial charge in [0.15, 0.2) is 0 Å². The summed E-state index contributed by atoms with van der Waals surface area (Å²) in [5, 5.41) is 4.27. The molecule has 0 radical (unpaired) electrons. The first-order chi connectivity index (χ1) is 7.56. The maximum Gasteiger partial charge on any atom is 0.137 e. The van der Waals surface area contributed by atoms with Crippen LogP contribution in [0.1, 0.15) is 13.8 Å². The Hall–Kier alpha value is -0.610. The predicted molar refractivity (Wildman–Crippen MR) is 75.9 cm³/mol. The van der Waals surface area contributed by atoms with E-state index in [-0.39, 0.29) is 5.54 Å². The Morgan fingerprint density at radius 3 is 2.88 bits per heavy atom. The lowest BCUT2D eigenvalue weighted by Crippen LogP contribution is -2.43. The highest BCUT2D eigenvalue weighted by Gasteiger charge is 2.24. The van der Waals surface area contributed by atoms with Crippen LogP contribution in [0.5, 0.6) is 0 Å². The lowest BCUT2D eigenvalue weighted by molar-refractivity contribution is 0.549. The van der Waals surface area contributed by atoms with E-state index in [2.05, 4.69) is 64.2 Å². The van der Waals surface area contributed by atoms with Crippen molar-refractivity contribution < 1.29 is 0 Å². The van der Waals surface area contributed by atoms with Crippen molar-refractivity contribution in [2.75, 3.05) is 17.3 Å². The molecule has 0 unspecified atom stereocenters. The molecule has 0 bridgehead atoms. The average molecular weight is 299 g/mol. The van der Waals surface area contributed by atoms with Crippen molar-refractivity contribution in [3.63, 3.8) is 0 Å². The monoisotopic (exact) mass is 298 g/mol. The van der Waals surface area contributed by atoms with Gasteiger partial charge in [0.1, 0.15) is 5.82 Å². The Labute approximate surface area is 108 Å². The van der Waals surface area contributed by atoms with Gasteiger partial charge in [-0.15, -0.1) is 11.3 Å². The van der Waals surface area contributed by atoms with Crippen LogP contribution in [0.2, 0.25) is 0 Å². The van der Waals surface area contributed by atoms with Crippen LogP contribution >= 0.6 is 27.3 Å². The number of pyridine rings is 1. The molecular formula is C12H15BrN2S. The summed E-state index contributed by atoms with van der Waals surface area (Å²) in [5.41, 5.74) is 0.0587. The summed E-state index contributed by atoms with van der Waals surface area (Å²) in [6.45, 7) is 4.41. The van der Waals surface area contributed by atoms with E-state index in [1.54, 1.807) is 11.3 Å². The number of hydrogen-bond acceptors (Lipinski definition) is 3. The highest BCUT2D eigenvalue weighted by atomic mass is 79.9. The largest absolute Gasteiger partial charge is 0.353 e. The molecule has 0 aromatic carbocycles. The van der Waals surface area contributed by atoms with Crippen molar-refractivity contribution in [2.24, 2.45) is 0 Å². The van der Waals surface area contributed by atoms with Crippen LogP contribution in [0.3, 0.4) is 0 Å². The zero-order valence-electron chi connectivity index (χ0n) is 9.70. The molecule has 0 saturated carbocycles. The standard InChI is InChI=1S/C12H15BrN2S/c1-12(2,8-13)15(3)11-9-5-7-16-10(9)4-6-14-11/h4-7H,8H2,1-3H3. The molecule has 0 N–H and O–H groups in total. The molecule has 2 aromatic heterocycles. The molecule has 0 aliphatic carbocycles. The van der Waals surface area contributed by atoms with E-state index in [1.807, 2.05) is 6.20 Å². The number of rotatable bonds is 3. The minimum atomic E-state index is 0.0587. The highest BCUT2D eigenvalue weighted by molar-refractivity contribution is 9.09. The quantitative estimate of drug-likeness (QED) is 0.799.